The molecule has 0 saturated heterocycles. The number of carbonyl (C=O) groups excluding carboxylic acids is 1. The van der Waals surface area contributed by atoms with Crippen molar-refractivity contribution >= 4 is 5.91 Å². The fourth-order valence-electron chi connectivity index (χ4n) is 2.88. The highest BCUT2D eigenvalue weighted by atomic mass is 16.5. The van der Waals surface area contributed by atoms with Crippen molar-refractivity contribution < 1.29 is 9.53 Å². The summed E-state index contributed by atoms with van der Waals surface area (Å²) in [7, 11) is 1.53. The Balaban J connectivity index is 1.72. The minimum atomic E-state index is -0.675. The molecule has 126 valence electrons. The molecule has 0 aliphatic heterocycles. The third kappa shape index (κ3) is 3.15. The van der Waals surface area contributed by atoms with E-state index in [-0.39, 0.29) is 18.0 Å². The number of fused-ring (bicyclic) bond motifs is 1. The first-order valence-electron chi connectivity index (χ1n) is 7.97. The molecule has 3 rings (SSSR count). The van der Waals surface area contributed by atoms with Gasteiger partial charge in [0.2, 0.25) is 11.8 Å². The van der Waals surface area contributed by atoms with E-state index in [1.807, 2.05) is 6.07 Å². The highest BCUT2D eigenvalue weighted by molar-refractivity contribution is 5.79. The van der Waals surface area contributed by atoms with Gasteiger partial charge in [-0.3, -0.25) is 9.59 Å². The molecule has 0 radical (unpaired) electrons. The molecular weight excluding hydrogens is 308 g/mol. The standard InChI is InChI=1S/C17H20N4O3/c1-11(21-15(22)9-12-5-3-7-14(12)20-21)16(23)19-10-13-6-4-8-18-17(13)24-2/h4,6,8-9,11H,3,5,7,10H2,1-2H3,(H,19,23). The molecule has 2 heterocycles. The van der Waals surface area contributed by atoms with Crippen molar-refractivity contribution in [3.05, 3.63) is 51.6 Å². The molecular formula is C17H20N4O3. The molecule has 2 aromatic heterocycles. The zero-order valence-electron chi connectivity index (χ0n) is 13.8. The van der Waals surface area contributed by atoms with Gasteiger partial charge in [0.15, 0.2) is 0 Å². The number of nitrogens with one attached hydrogen (secondary N) is 1. The summed E-state index contributed by atoms with van der Waals surface area (Å²) in [4.78, 5) is 28.7. The maximum absolute atomic E-state index is 12.4. The molecule has 1 aliphatic carbocycles. The summed E-state index contributed by atoms with van der Waals surface area (Å²) in [6.45, 7) is 1.95. The van der Waals surface area contributed by atoms with E-state index >= 15 is 0 Å². The average molecular weight is 328 g/mol. The van der Waals surface area contributed by atoms with E-state index in [9.17, 15) is 9.59 Å². The Kier molecular flexibility index (Phi) is 4.59. The minimum absolute atomic E-state index is 0.239. The number of rotatable bonds is 5. The van der Waals surface area contributed by atoms with E-state index in [0.29, 0.717) is 5.88 Å². The Morgan fingerprint density at radius 1 is 1.46 bits per heavy atom. The Morgan fingerprint density at radius 2 is 2.29 bits per heavy atom. The van der Waals surface area contributed by atoms with Gasteiger partial charge in [0.05, 0.1) is 12.8 Å². The summed E-state index contributed by atoms with van der Waals surface area (Å²) in [6, 6.07) is 4.53. The van der Waals surface area contributed by atoms with E-state index in [4.69, 9.17) is 4.74 Å². The Bertz CT molecular complexity index is 816. The maximum Gasteiger partial charge on any atom is 0.267 e. The van der Waals surface area contributed by atoms with Crippen LogP contribution in [0.1, 0.15) is 36.2 Å². The second-order valence-corrected chi connectivity index (χ2v) is 5.82. The Morgan fingerprint density at radius 3 is 3.08 bits per heavy atom. The lowest BCUT2D eigenvalue weighted by molar-refractivity contribution is -0.124. The van der Waals surface area contributed by atoms with Crippen molar-refractivity contribution in [1.82, 2.24) is 20.1 Å². The molecule has 7 heteroatoms. The summed E-state index contributed by atoms with van der Waals surface area (Å²) in [5.41, 5.74) is 2.46. The SMILES string of the molecule is COc1ncccc1CNC(=O)C(C)n1nc2c(cc1=O)CCC2. The predicted octanol–water partition coefficient (Wildman–Crippen LogP) is 1.01. The molecule has 0 saturated carbocycles. The highest BCUT2D eigenvalue weighted by Crippen LogP contribution is 2.18. The molecule has 0 bridgehead atoms. The van der Waals surface area contributed by atoms with Crippen LogP contribution in [0.5, 0.6) is 5.88 Å². The zero-order chi connectivity index (χ0) is 17.1. The first-order valence-corrected chi connectivity index (χ1v) is 7.97. The molecule has 24 heavy (non-hydrogen) atoms. The van der Waals surface area contributed by atoms with Crippen LogP contribution >= 0.6 is 0 Å². The van der Waals surface area contributed by atoms with Crippen LogP contribution in [0, 0.1) is 0 Å². The number of ether oxygens (including phenoxy) is 1. The smallest absolute Gasteiger partial charge is 0.267 e. The number of aromatic nitrogens is 3. The first-order chi connectivity index (χ1) is 11.6. The normalized spacial score (nSPS) is 14.1. The summed E-state index contributed by atoms with van der Waals surface area (Å²) in [5, 5.41) is 7.18. The summed E-state index contributed by atoms with van der Waals surface area (Å²) < 4.78 is 6.43. The molecule has 1 amide bonds. The topological polar surface area (TPSA) is 86.1 Å². The second-order valence-electron chi connectivity index (χ2n) is 5.82. The van der Waals surface area contributed by atoms with Crippen LogP contribution in [0.25, 0.3) is 0 Å². The Hall–Kier alpha value is -2.70. The quantitative estimate of drug-likeness (QED) is 0.885. The van der Waals surface area contributed by atoms with Gasteiger partial charge >= 0.3 is 0 Å². The van der Waals surface area contributed by atoms with Gasteiger partial charge in [-0.05, 0) is 37.8 Å². The van der Waals surface area contributed by atoms with Crippen LogP contribution in [-0.2, 0) is 24.2 Å². The van der Waals surface area contributed by atoms with Crippen LogP contribution in [0.15, 0.2) is 29.2 Å². The monoisotopic (exact) mass is 328 g/mol. The van der Waals surface area contributed by atoms with E-state index < -0.39 is 6.04 Å². The molecule has 0 aromatic carbocycles. The fourth-order valence-corrected chi connectivity index (χ4v) is 2.88. The van der Waals surface area contributed by atoms with Gasteiger partial charge in [0.1, 0.15) is 6.04 Å². The van der Waals surface area contributed by atoms with E-state index in [2.05, 4.69) is 15.4 Å². The largest absolute Gasteiger partial charge is 0.481 e. The van der Waals surface area contributed by atoms with Crippen LogP contribution in [-0.4, -0.2) is 27.8 Å². The fraction of sp³-hybridized carbons (Fsp3) is 0.412. The van der Waals surface area contributed by atoms with Gasteiger partial charge in [-0.2, -0.15) is 5.10 Å². The Labute approximate surface area is 139 Å². The van der Waals surface area contributed by atoms with Gasteiger partial charge < -0.3 is 10.1 Å². The van der Waals surface area contributed by atoms with Crippen LogP contribution < -0.4 is 15.6 Å². The lowest BCUT2D eigenvalue weighted by Crippen LogP contribution is -2.37. The van der Waals surface area contributed by atoms with Gasteiger partial charge in [0.25, 0.3) is 5.56 Å². The summed E-state index contributed by atoms with van der Waals surface area (Å²) in [5.74, 6) is 0.201. The molecule has 1 atom stereocenters. The molecule has 0 fully saturated rings. The molecule has 1 N–H and O–H groups in total. The van der Waals surface area contributed by atoms with Gasteiger partial charge in [0, 0.05) is 24.4 Å². The van der Waals surface area contributed by atoms with Gasteiger partial charge in [-0.1, -0.05) is 6.07 Å². The number of methoxy groups -OCH3 is 1. The number of amides is 1. The number of aryl methyl sites for hydroxylation is 2. The van der Waals surface area contributed by atoms with E-state index in [1.165, 1.54) is 11.8 Å². The summed E-state index contributed by atoms with van der Waals surface area (Å²) >= 11 is 0. The summed E-state index contributed by atoms with van der Waals surface area (Å²) in [6.07, 6.45) is 4.38. The second kappa shape index (κ2) is 6.82. The van der Waals surface area contributed by atoms with Crippen molar-refractivity contribution in [2.24, 2.45) is 0 Å². The predicted molar refractivity (Wildman–Crippen MR) is 87.9 cm³/mol. The number of hydrogen-bond acceptors (Lipinski definition) is 5. The van der Waals surface area contributed by atoms with Gasteiger partial charge in [-0.25, -0.2) is 9.67 Å². The van der Waals surface area contributed by atoms with Crippen molar-refractivity contribution in [3.63, 3.8) is 0 Å². The zero-order valence-corrected chi connectivity index (χ0v) is 13.8. The maximum atomic E-state index is 12.4. The molecule has 1 aliphatic rings. The number of pyridine rings is 1. The lowest BCUT2D eigenvalue weighted by atomic mass is 10.2. The minimum Gasteiger partial charge on any atom is -0.481 e. The van der Waals surface area contributed by atoms with E-state index in [1.54, 1.807) is 25.3 Å². The van der Waals surface area contributed by atoms with Crippen molar-refractivity contribution in [3.8, 4) is 5.88 Å². The van der Waals surface area contributed by atoms with Crippen molar-refractivity contribution in [2.45, 2.75) is 38.8 Å². The van der Waals surface area contributed by atoms with Crippen molar-refractivity contribution in [2.75, 3.05) is 7.11 Å². The lowest BCUT2D eigenvalue weighted by Gasteiger charge is -2.15. The van der Waals surface area contributed by atoms with Crippen LogP contribution in [0.2, 0.25) is 0 Å². The number of nitrogens with zero attached hydrogens (tertiary/aromatic N) is 3. The number of carbonyl (C=O) groups is 1. The first kappa shape index (κ1) is 16.2. The molecule has 0 spiro atoms. The average Bonchev–Trinajstić information content (AvgIpc) is 3.05. The molecule has 1 unspecified atom stereocenters. The van der Waals surface area contributed by atoms with Crippen molar-refractivity contribution in [1.29, 1.82) is 0 Å². The van der Waals surface area contributed by atoms with Crippen LogP contribution in [0.4, 0.5) is 0 Å². The number of hydrogen-bond donors (Lipinski definition) is 1. The highest BCUT2D eigenvalue weighted by Gasteiger charge is 2.21. The third-order valence-corrected chi connectivity index (χ3v) is 4.22. The van der Waals surface area contributed by atoms with Crippen LogP contribution in [0.3, 0.4) is 0 Å². The van der Waals surface area contributed by atoms with Gasteiger partial charge in [-0.15, -0.1) is 0 Å². The van der Waals surface area contributed by atoms with E-state index in [0.717, 1.165) is 36.1 Å². The molecule has 2 aromatic rings. The molecule has 7 nitrogen and oxygen atoms in total. The third-order valence-electron chi connectivity index (χ3n) is 4.22.